The van der Waals surface area contributed by atoms with E-state index in [1.54, 1.807) is 11.8 Å². The highest BCUT2D eigenvalue weighted by Gasteiger charge is 2.33. The minimum atomic E-state index is -0.736. The van der Waals surface area contributed by atoms with E-state index in [0.717, 1.165) is 57.8 Å². The van der Waals surface area contributed by atoms with Crippen LogP contribution in [0.3, 0.4) is 0 Å². The lowest BCUT2D eigenvalue weighted by atomic mass is 9.93. The van der Waals surface area contributed by atoms with E-state index in [2.05, 4.69) is 6.92 Å². The molecule has 0 bridgehead atoms. The first-order valence-corrected chi connectivity index (χ1v) is 10.3. The van der Waals surface area contributed by atoms with Crippen molar-refractivity contribution in [1.29, 1.82) is 0 Å². The van der Waals surface area contributed by atoms with Crippen LogP contribution in [-0.2, 0) is 9.59 Å². The van der Waals surface area contributed by atoms with Gasteiger partial charge in [0.15, 0.2) is 0 Å². The van der Waals surface area contributed by atoms with E-state index < -0.39 is 12.1 Å². The molecule has 1 saturated heterocycles. The molecular formula is C19H32O4S. The molecule has 0 saturated carbocycles. The summed E-state index contributed by atoms with van der Waals surface area (Å²) in [5.74, 6) is 0.222. The molecule has 0 radical (unpaired) electrons. The van der Waals surface area contributed by atoms with Crippen molar-refractivity contribution in [2.24, 2.45) is 5.92 Å². The summed E-state index contributed by atoms with van der Waals surface area (Å²) in [6, 6.07) is 0. The molecule has 0 amide bonds. The molecule has 5 heteroatoms. The second-order valence-electron chi connectivity index (χ2n) is 6.64. The molecule has 1 aliphatic rings. The van der Waals surface area contributed by atoms with Crippen molar-refractivity contribution in [3.63, 3.8) is 0 Å². The monoisotopic (exact) mass is 356 g/mol. The Hall–Kier alpha value is -0.810. The van der Waals surface area contributed by atoms with Gasteiger partial charge in [0.05, 0.1) is 11.9 Å². The third kappa shape index (κ3) is 8.88. The quantitative estimate of drug-likeness (QED) is 0.382. The van der Waals surface area contributed by atoms with Crippen molar-refractivity contribution in [3.8, 4) is 0 Å². The zero-order valence-electron chi connectivity index (χ0n) is 14.8. The lowest BCUT2D eigenvalue weighted by Gasteiger charge is -2.14. The maximum absolute atomic E-state index is 12.1. The maximum atomic E-state index is 12.1. The Morgan fingerprint density at radius 1 is 1.25 bits per heavy atom. The molecular weight excluding hydrogens is 324 g/mol. The Bertz CT molecular complexity index is 408. The van der Waals surface area contributed by atoms with Gasteiger partial charge in [-0.25, -0.2) is 0 Å². The van der Waals surface area contributed by atoms with Crippen LogP contribution < -0.4 is 0 Å². The predicted molar refractivity (Wildman–Crippen MR) is 99.4 cm³/mol. The van der Waals surface area contributed by atoms with E-state index in [-0.39, 0.29) is 17.6 Å². The Balaban J connectivity index is 2.28. The highest BCUT2D eigenvalue weighted by Crippen LogP contribution is 2.34. The topological polar surface area (TPSA) is 74.6 Å². The Labute approximate surface area is 150 Å². The van der Waals surface area contributed by atoms with Crippen LogP contribution in [0.4, 0.5) is 0 Å². The summed E-state index contributed by atoms with van der Waals surface area (Å²) in [6.45, 7) is 2.15. The van der Waals surface area contributed by atoms with E-state index in [4.69, 9.17) is 5.11 Å². The molecule has 4 nitrogen and oxygen atoms in total. The fourth-order valence-electron chi connectivity index (χ4n) is 3.03. The first-order chi connectivity index (χ1) is 11.5. The molecule has 1 aliphatic heterocycles. The number of carboxylic acids is 1. The lowest BCUT2D eigenvalue weighted by molar-refractivity contribution is -0.137. The van der Waals surface area contributed by atoms with Crippen LogP contribution in [0, 0.1) is 5.92 Å². The van der Waals surface area contributed by atoms with E-state index in [1.807, 2.05) is 12.2 Å². The van der Waals surface area contributed by atoms with Gasteiger partial charge in [0.2, 0.25) is 0 Å². The van der Waals surface area contributed by atoms with Crippen LogP contribution >= 0.6 is 11.8 Å². The molecule has 2 N–H and O–H groups in total. The van der Waals surface area contributed by atoms with E-state index >= 15 is 0 Å². The summed E-state index contributed by atoms with van der Waals surface area (Å²) in [5.41, 5.74) is 0. The van der Waals surface area contributed by atoms with E-state index in [0.29, 0.717) is 11.5 Å². The standard InChI is InChI=1S/C19H32O4S/c1-2-3-6-9-15(20)12-13-18-16(17(21)14-24-18)10-7-4-5-8-11-19(22)23/h12-13,15-16,18,20H,2-11,14H2,1H3,(H,22,23)/t15?,16-,18+/m0/s1. The predicted octanol–water partition coefficient (Wildman–Crippen LogP) is 4.21. The number of ketones is 1. The number of carboxylic acid groups (broad SMARTS) is 1. The van der Waals surface area contributed by atoms with E-state index in [1.165, 1.54) is 0 Å². The largest absolute Gasteiger partial charge is 0.481 e. The second-order valence-corrected chi connectivity index (χ2v) is 7.81. The maximum Gasteiger partial charge on any atom is 0.303 e. The normalized spacial score (nSPS) is 22.3. The van der Waals surface area contributed by atoms with Crippen molar-refractivity contribution in [2.75, 3.05) is 5.75 Å². The fraction of sp³-hybridized carbons (Fsp3) is 0.789. The summed E-state index contributed by atoms with van der Waals surface area (Å²) in [6.07, 6.45) is 12.3. The number of Topliss-reactive ketones (excluding diaryl/α,β-unsaturated/α-hetero) is 1. The van der Waals surface area contributed by atoms with Crippen LogP contribution in [-0.4, -0.2) is 39.1 Å². The molecule has 0 spiro atoms. The minimum Gasteiger partial charge on any atom is -0.481 e. The third-order valence-corrected chi connectivity index (χ3v) is 5.83. The van der Waals surface area contributed by atoms with Crippen LogP contribution in [0.25, 0.3) is 0 Å². The molecule has 0 aliphatic carbocycles. The summed E-state index contributed by atoms with van der Waals surface area (Å²) < 4.78 is 0. The molecule has 1 fully saturated rings. The first kappa shape index (κ1) is 21.2. The van der Waals surface area contributed by atoms with Crippen molar-refractivity contribution in [3.05, 3.63) is 12.2 Å². The average Bonchev–Trinajstić information content (AvgIpc) is 2.89. The summed E-state index contributed by atoms with van der Waals surface area (Å²) >= 11 is 1.68. The zero-order chi connectivity index (χ0) is 17.8. The molecule has 0 aromatic carbocycles. The Morgan fingerprint density at radius 2 is 2.00 bits per heavy atom. The molecule has 0 aromatic rings. The van der Waals surface area contributed by atoms with Crippen LogP contribution in [0.15, 0.2) is 12.2 Å². The van der Waals surface area contributed by atoms with Gasteiger partial charge in [-0.05, 0) is 19.3 Å². The Morgan fingerprint density at radius 3 is 2.71 bits per heavy atom. The number of rotatable bonds is 13. The molecule has 1 unspecified atom stereocenters. The number of aliphatic hydroxyl groups is 1. The van der Waals surface area contributed by atoms with Gasteiger partial charge in [-0.1, -0.05) is 57.6 Å². The van der Waals surface area contributed by atoms with Gasteiger partial charge in [0, 0.05) is 17.6 Å². The van der Waals surface area contributed by atoms with Gasteiger partial charge in [0.25, 0.3) is 0 Å². The summed E-state index contributed by atoms with van der Waals surface area (Å²) in [4.78, 5) is 22.5. The number of hydrogen-bond donors (Lipinski definition) is 2. The summed E-state index contributed by atoms with van der Waals surface area (Å²) in [5, 5.41) is 18.8. The lowest BCUT2D eigenvalue weighted by Crippen LogP contribution is -2.18. The number of thioether (sulfide) groups is 1. The minimum absolute atomic E-state index is 0.0635. The van der Waals surface area contributed by atoms with E-state index in [9.17, 15) is 14.7 Å². The second kappa shape index (κ2) is 12.5. The number of aliphatic carboxylic acids is 1. The number of unbranched alkanes of at least 4 members (excludes halogenated alkanes) is 5. The summed E-state index contributed by atoms with van der Waals surface area (Å²) in [7, 11) is 0. The molecule has 24 heavy (non-hydrogen) atoms. The Kier molecular flexibility index (Phi) is 11.1. The number of aliphatic hydroxyl groups excluding tert-OH is 1. The van der Waals surface area contributed by atoms with Gasteiger partial charge >= 0.3 is 5.97 Å². The van der Waals surface area contributed by atoms with Crippen molar-refractivity contribution < 1.29 is 19.8 Å². The van der Waals surface area contributed by atoms with Crippen LogP contribution in [0.2, 0.25) is 0 Å². The van der Waals surface area contributed by atoms with Crippen LogP contribution in [0.1, 0.15) is 71.1 Å². The number of carbonyl (C=O) groups is 2. The number of carbonyl (C=O) groups excluding carboxylic acids is 1. The van der Waals surface area contributed by atoms with Gasteiger partial charge in [0.1, 0.15) is 5.78 Å². The SMILES string of the molecule is CCCCCC(O)C=C[C@H]1SCC(=O)[C@@H]1CCCCCCC(=O)O. The molecule has 1 heterocycles. The van der Waals surface area contributed by atoms with Crippen molar-refractivity contribution >= 4 is 23.5 Å². The zero-order valence-corrected chi connectivity index (χ0v) is 15.6. The molecule has 3 atom stereocenters. The highest BCUT2D eigenvalue weighted by atomic mass is 32.2. The van der Waals surface area contributed by atoms with Gasteiger partial charge < -0.3 is 10.2 Å². The van der Waals surface area contributed by atoms with Gasteiger partial charge in [-0.2, -0.15) is 0 Å². The first-order valence-electron chi connectivity index (χ1n) is 9.27. The highest BCUT2D eigenvalue weighted by molar-refractivity contribution is 8.01. The fourth-order valence-corrected chi connectivity index (χ4v) is 4.32. The van der Waals surface area contributed by atoms with Gasteiger partial charge in [-0.3, -0.25) is 9.59 Å². The molecule has 1 rings (SSSR count). The average molecular weight is 357 g/mol. The number of hydrogen-bond acceptors (Lipinski definition) is 4. The molecule has 0 aromatic heterocycles. The third-order valence-electron chi connectivity index (χ3n) is 4.51. The van der Waals surface area contributed by atoms with Crippen molar-refractivity contribution in [2.45, 2.75) is 82.5 Å². The van der Waals surface area contributed by atoms with Gasteiger partial charge in [-0.15, -0.1) is 11.8 Å². The van der Waals surface area contributed by atoms with Crippen LogP contribution in [0.5, 0.6) is 0 Å². The molecule has 138 valence electrons. The smallest absolute Gasteiger partial charge is 0.303 e. The van der Waals surface area contributed by atoms with Crippen molar-refractivity contribution in [1.82, 2.24) is 0 Å².